The maximum Gasteiger partial charge on any atom is 0.311 e. The van der Waals surface area contributed by atoms with Gasteiger partial charge in [0.1, 0.15) is 6.29 Å². The maximum atomic E-state index is 10.9. The Kier molecular flexibility index (Phi) is 3.28. The van der Waals surface area contributed by atoms with Crippen LogP contribution in [0.2, 0.25) is 0 Å². The van der Waals surface area contributed by atoms with Crippen LogP contribution in [-0.2, 0) is 9.59 Å². The molecule has 0 spiro atoms. The van der Waals surface area contributed by atoms with Gasteiger partial charge in [0.05, 0.1) is 5.92 Å². The predicted molar refractivity (Wildman–Crippen MR) is 51.7 cm³/mol. The number of aliphatic carboxylic acids is 1. The number of carbonyl (C=O) groups is 2. The molecule has 0 aromatic rings. The minimum Gasteiger partial charge on any atom is -0.481 e. The Bertz CT molecular complexity index is 267. The molecule has 0 amide bonds. The molecule has 0 aromatic carbocycles. The molecule has 1 unspecified atom stereocenters. The van der Waals surface area contributed by atoms with Crippen LogP contribution in [0.1, 0.15) is 12.8 Å². The van der Waals surface area contributed by atoms with Gasteiger partial charge < -0.3 is 10.0 Å². The van der Waals surface area contributed by atoms with E-state index in [1.54, 1.807) is 25.2 Å². The lowest BCUT2D eigenvalue weighted by Gasteiger charge is -2.13. The van der Waals surface area contributed by atoms with E-state index < -0.39 is 11.9 Å². The maximum absolute atomic E-state index is 10.9. The van der Waals surface area contributed by atoms with E-state index >= 15 is 0 Å². The van der Waals surface area contributed by atoms with Gasteiger partial charge in [-0.25, -0.2) is 0 Å². The molecular weight excluding hydrogens is 182 g/mol. The summed E-state index contributed by atoms with van der Waals surface area (Å²) in [6.07, 6.45) is 4.06. The van der Waals surface area contributed by atoms with Gasteiger partial charge in [-0.15, -0.1) is 0 Å². The van der Waals surface area contributed by atoms with Crippen LogP contribution in [0.3, 0.4) is 0 Å². The van der Waals surface area contributed by atoms with Gasteiger partial charge in [0.2, 0.25) is 0 Å². The minimum atomic E-state index is -0.896. The Morgan fingerprint density at radius 2 is 2.07 bits per heavy atom. The second-order valence-corrected chi connectivity index (χ2v) is 3.86. The first kappa shape index (κ1) is 10.8. The van der Waals surface area contributed by atoms with Gasteiger partial charge in [0.25, 0.3) is 0 Å². The summed E-state index contributed by atoms with van der Waals surface area (Å²) >= 11 is 0. The molecule has 1 aliphatic carbocycles. The number of carboxylic acids is 1. The van der Waals surface area contributed by atoms with Gasteiger partial charge in [0.15, 0.2) is 0 Å². The number of aldehydes is 1. The van der Waals surface area contributed by atoms with E-state index in [0.29, 0.717) is 11.9 Å². The van der Waals surface area contributed by atoms with Crippen LogP contribution in [-0.4, -0.2) is 36.4 Å². The van der Waals surface area contributed by atoms with E-state index in [1.165, 1.54) is 0 Å². The van der Waals surface area contributed by atoms with Crippen molar-refractivity contribution in [2.45, 2.75) is 12.8 Å². The van der Waals surface area contributed by atoms with Crippen molar-refractivity contribution < 1.29 is 14.7 Å². The van der Waals surface area contributed by atoms with Crippen LogP contribution in [0, 0.1) is 11.8 Å². The number of carbonyl (C=O) groups excluding carboxylic acids is 1. The van der Waals surface area contributed by atoms with Crippen molar-refractivity contribution in [3.8, 4) is 0 Å². The molecule has 0 radical (unpaired) electrons. The normalized spacial score (nSPS) is 18.9. The molecular formula is C10H15NO3. The van der Waals surface area contributed by atoms with E-state index in [4.69, 9.17) is 5.11 Å². The Morgan fingerprint density at radius 1 is 1.50 bits per heavy atom. The molecule has 4 heteroatoms. The van der Waals surface area contributed by atoms with Crippen LogP contribution in [0.5, 0.6) is 0 Å². The summed E-state index contributed by atoms with van der Waals surface area (Å²) < 4.78 is 0. The van der Waals surface area contributed by atoms with E-state index in [-0.39, 0.29) is 5.92 Å². The van der Waals surface area contributed by atoms with Gasteiger partial charge >= 0.3 is 5.97 Å². The largest absolute Gasteiger partial charge is 0.481 e. The van der Waals surface area contributed by atoms with E-state index in [1.807, 2.05) is 0 Å². The lowest BCUT2D eigenvalue weighted by Crippen LogP contribution is -2.21. The first-order valence-corrected chi connectivity index (χ1v) is 4.62. The zero-order chi connectivity index (χ0) is 10.7. The number of hydrogen-bond acceptors (Lipinski definition) is 3. The number of nitrogens with zero attached hydrogens (tertiary/aromatic N) is 1. The second kappa shape index (κ2) is 4.26. The van der Waals surface area contributed by atoms with Gasteiger partial charge in [-0.05, 0) is 18.8 Å². The van der Waals surface area contributed by atoms with Crippen molar-refractivity contribution in [1.82, 2.24) is 4.90 Å². The lowest BCUT2D eigenvalue weighted by atomic mass is 9.95. The summed E-state index contributed by atoms with van der Waals surface area (Å²) in [7, 11) is 3.55. The van der Waals surface area contributed by atoms with Crippen molar-refractivity contribution in [2.75, 3.05) is 14.1 Å². The van der Waals surface area contributed by atoms with Crippen LogP contribution < -0.4 is 0 Å². The third kappa shape index (κ3) is 2.58. The predicted octanol–water partition coefficient (Wildman–Crippen LogP) is 0.742. The first-order chi connectivity index (χ1) is 6.56. The zero-order valence-corrected chi connectivity index (χ0v) is 8.43. The molecule has 1 rings (SSSR count). The number of carboxylic acid groups (broad SMARTS) is 1. The number of rotatable bonds is 5. The summed E-state index contributed by atoms with van der Waals surface area (Å²) in [6.45, 7) is 0. The SMILES string of the molecule is CN(C)C=C(C=O)C(C(=O)O)C1CC1. The summed E-state index contributed by atoms with van der Waals surface area (Å²) in [5, 5.41) is 8.98. The van der Waals surface area contributed by atoms with Crippen molar-refractivity contribution in [3.63, 3.8) is 0 Å². The smallest absolute Gasteiger partial charge is 0.311 e. The minimum absolute atomic E-state index is 0.156. The highest BCUT2D eigenvalue weighted by Gasteiger charge is 2.38. The third-order valence-electron chi connectivity index (χ3n) is 2.26. The summed E-state index contributed by atoms with van der Waals surface area (Å²) in [5.74, 6) is -1.36. The Hall–Kier alpha value is -1.32. The van der Waals surface area contributed by atoms with E-state index in [0.717, 1.165) is 12.8 Å². The highest BCUT2D eigenvalue weighted by molar-refractivity contribution is 5.86. The average Bonchev–Trinajstić information content (AvgIpc) is 2.85. The summed E-state index contributed by atoms with van der Waals surface area (Å²) in [4.78, 5) is 23.4. The molecule has 0 heterocycles. The molecule has 1 atom stereocenters. The Labute approximate surface area is 83.2 Å². The van der Waals surface area contributed by atoms with Crippen LogP contribution in [0.25, 0.3) is 0 Å². The monoisotopic (exact) mass is 197 g/mol. The zero-order valence-electron chi connectivity index (χ0n) is 8.43. The lowest BCUT2D eigenvalue weighted by molar-refractivity contribution is -0.141. The molecule has 1 aliphatic rings. The van der Waals surface area contributed by atoms with Gasteiger partial charge in [0, 0.05) is 25.9 Å². The highest BCUT2D eigenvalue weighted by atomic mass is 16.4. The van der Waals surface area contributed by atoms with Crippen molar-refractivity contribution in [2.24, 2.45) is 11.8 Å². The van der Waals surface area contributed by atoms with Crippen molar-refractivity contribution in [3.05, 3.63) is 11.8 Å². The topological polar surface area (TPSA) is 57.6 Å². The first-order valence-electron chi connectivity index (χ1n) is 4.62. The quantitative estimate of drug-likeness (QED) is 0.521. The fourth-order valence-corrected chi connectivity index (χ4v) is 1.53. The molecule has 4 nitrogen and oxygen atoms in total. The third-order valence-corrected chi connectivity index (χ3v) is 2.26. The Balaban J connectivity index is 2.83. The molecule has 0 saturated heterocycles. The average molecular weight is 197 g/mol. The fraction of sp³-hybridized carbons (Fsp3) is 0.600. The molecule has 0 aromatic heterocycles. The molecule has 14 heavy (non-hydrogen) atoms. The van der Waals surface area contributed by atoms with Crippen LogP contribution >= 0.6 is 0 Å². The molecule has 1 fully saturated rings. The molecule has 1 saturated carbocycles. The Morgan fingerprint density at radius 3 is 2.36 bits per heavy atom. The molecule has 0 aliphatic heterocycles. The second-order valence-electron chi connectivity index (χ2n) is 3.86. The highest BCUT2D eigenvalue weighted by Crippen LogP contribution is 2.40. The van der Waals surface area contributed by atoms with Crippen molar-refractivity contribution >= 4 is 12.3 Å². The van der Waals surface area contributed by atoms with Gasteiger partial charge in [-0.2, -0.15) is 0 Å². The fourth-order valence-electron chi connectivity index (χ4n) is 1.53. The van der Waals surface area contributed by atoms with Crippen LogP contribution in [0.4, 0.5) is 0 Å². The molecule has 78 valence electrons. The summed E-state index contributed by atoms with van der Waals surface area (Å²) in [6, 6.07) is 0. The van der Waals surface area contributed by atoms with Crippen molar-refractivity contribution in [1.29, 1.82) is 0 Å². The van der Waals surface area contributed by atoms with Crippen LogP contribution in [0.15, 0.2) is 11.8 Å². The standard InChI is InChI=1S/C10H15NO3/c1-11(2)5-8(6-12)9(10(13)14)7-3-4-7/h5-7,9H,3-4H2,1-2H3,(H,13,14). The van der Waals surface area contributed by atoms with Gasteiger partial charge in [-0.1, -0.05) is 0 Å². The van der Waals surface area contributed by atoms with Gasteiger partial charge in [-0.3, -0.25) is 9.59 Å². The molecule has 1 N–H and O–H groups in total. The van der Waals surface area contributed by atoms with E-state index in [9.17, 15) is 9.59 Å². The summed E-state index contributed by atoms with van der Waals surface area (Å²) in [5.41, 5.74) is 0.366. The molecule has 0 bridgehead atoms. The number of hydrogen-bond donors (Lipinski definition) is 1. The van der Waals surface area contributed by atoms with E-state index in [2.05, 4.69) is 0 Å².